The number of rotatable bonds is 2. The molecule has 1 aromatic carbocycles. The van der Waals surface area contributed by atoms with Gasteiger partial charge in [0.2, 0.25) is 0 Å². The molecule has 2 nitrogen and oxygen atoms in total. The molecule has 2 aromatic rings. The Balaban J connectivity index is 2.56. The van der Waals surface area contributed by atoms with Gasteiger partial charge < -0.3 is 9.84 Å². The zero-order valence-corrected chi connectivity index (χ0v) is 9.89. The van der Waals surface area contributed by atoms with Crippen LogP contribution in [0.1, 0.15) is 18.7 Å². The minimum absolute atomic E-state index is 0.767. The maximum Gasteiger partial charge on any atom is 0.120 e. The highest BCUT2D eigenvalue weighted by Gasteiger charge is 2.18. The Bertz CT molecular complexity index is 480. The summed E-state index contributed by atoms with van der Waals surface area (Å²) in [5, 5.41) is 11.0. The average Bonchev–Trinajstić information content (AvgIpc) is 2.59. The smallest absolute Gasteiger partial charge is 0.120 e. The Labute approximate surface area is 93.1 Å². The van der Waals surface area contributed by atoms with Crippen molar-refractivity contribution in [3.63, 3.8) is 0 Å². The Hall–Kier alpha value is -1.06. The molecule has 3 heteroatoms. The van der Waals surface area contributed by atoms with Gasteiger partial charge in [-0.3, -0.25) is 0 Å². The van der Waals surface area contributed by atoms with E-state index in [0.29, 0.717) is 0 Å². The second-order valence-corrected chi connectivity index (χ2v) is 5.16. The van der Waals surface area contributed by atoms with Gasteiger partial charge in [0.05, 0.1) is 12.7 Å². The van der Waals surface area contributed by atoms with Gasteiger partial charge in [0.25, 0.3) is 0 Å². The number of aliphatic hydroxyl groups is 1. The van der Waals surface area contributed by atoms with Crippen LogP contribution in [0.2, 0.25) is 0 Å². The number of hydrogen-bond acceptors (Lipinski definition) is 3. The van der Waals surface area contributed by atoms with E-state index in [1.807, 2.05) is 24.3 Å². The molecule has 0 spiro atoms. The van der Waals surface area contributed by atoms with Gasteiger partial charge in [-0.25, -0.2) is 0 Å². The molecule has 0 saturated heterocycles. The topological polar surface area (TPSA) is 29.5 Å². The van der Waals surface area contributed by atoms with Gasteiger partial charge in [-0.15, -0.1) is 11.3 Å². The summed E-state index contributed by atoms with van der Waals surface area (Å²) in [7, 11) is 1.66. The van der Waals surface area contributed by atoms with Crippen molar-refractivity contribution in [2.24, 2.45) is 0 Å². The molecular weight excluding hydrogens is 208 g/mol. The monoisotopic (exact) mass is 222 g/mol. The van der Waals surface area contributed by atoms with Crippen LogP contribution in [-0.2, 0) is 5.60 Å². The van der Waals surface area contributed by atoms with Crippen LogP contribution in [0, 0.1) is 0 Å². The van der Waals surface area contributed by atoms with Crippen LogP contribution in [0.4, 0.5) is 0 Å². The Morgan fingerprint density at radius 2 is 2.00 bits per heavy atom. The van der Waals surface area contributed by atoms with Crippen molar-refractivity contribution in [2.45, 2.75) is 19.4 Å². The molecule has 2 rings (SSSR count). The lowest BCUT2D eigenvalue weighted by Crippen LogP contribution is -2.12. The van der Waals surface area contributed by atoms with E-state index in [-0.39, 0.29) is 0 Å². The molecule has 1 heterocycles. The highest BCUT2D eigenvalue weighted by atomic mass is 32.1. The van der Waals surface area contributed by atoms with Gasteiger partial charge in [0.1, 0.15) is 5.75 Å². The molecule has 0 radical (unpaired) electrons. The highest BCUT2D eigenvalue weighted by molar-refractivity contribution is 7.19. The molecule has 0 saturated carbocycles. The third-order valence-electron chi connectivity index (χ3n) is 2.33. The van der Waals surface area contributed by atoms with Gasteiger partial charge in [0.15, 0.2) is 0 Å². The first kappa shape index (κ1) is 10.5. The molecule has 0 atom stereocenters. The van der Waals surface area contributed by atoms with Gasteiger partial charge >= 0.3 is 0 Å². The number of hydrogen-bond donors (Lipinski definition) is 1. The molecule has 0 aliphatic heterocycles. The zero-order valence-electron chi connectivity index (χ0n) is 9.07. The van der Waals surface area contributed by atoms with Crippen molar-refractivity contribution in [3.05, 3.63) is 29.1 Å². The molecule has 1 aromatic heterocycles. The summed E-state index contributed by atoms with van der Waals surface area (Å²) in [5.41, 5.74) is -0.767. The third-order valence-corrected chi connectivity index (χ3v) is 3.74. The van der Waals surface area contributed by atoms with E-state index in [9.17, 15) is 5.11 Å². The summed E-state index contributed by atoms with van der Waals surface area (Å²) < 4.78 is 6.31. The predicted octanol–water partition coefficient (Wildman–Crippen LogP) is 3.14. The molecule has 0 aliphatic rings. The van der Waals surface area contributed by atoms with E-state index in [1.54, 1.807) is 32.3 Å². The van der Waals surface area contributed by atoms with Gasteiger partial charge in [-0.1, -0.05) is 0 Å². The summed E-state index contributed by atoms with van der Waals surface area (Å²) in [6.07, 6.45) is 0. The minimum Gasteiger partial charge on any atom is -0.497 e. The van der Waals surface area contributed by atoms with E-state index in [1.165, 1.54) is 0 Å². The molecule has 0 unspecified atom stereocenters. The number of benzene rings is 1. The van der Waals surface area contributed by atoms with Crippen LogP contribution < -0.4 is 4.74 Å². The SMILES string of the molecule is COc1ccc2cc(C(C)(C)O)sc2c1. The van der Waals surface area contributed by atoms with Gasteiger partial charge in [-0.2, -0.15) is 0 Å². The van der Waals surface area contributed by atoms with E-state index < -0.39 is 5.60 Å². The Morgan fingerprint density at radius 3 is 2.60 bits per heavy atom. The van der Waals surface area contributed by atoms with Crippen LogP contribution in [0.25, 0.3) is 10.1 Å². The Kier molecular flexibility index (Phi) is 2.44. The van der Waals surface area contributed by atoms with Crippen molar-refractivity contribution in [2.75, 3.05) is 7.11 Å². The molecule has 0 bridgehead atoms. The first-order valence-corrected chi connectivity index (χ1v) is 5.63. The van der Waals surface area contributed by atoms with E-state index in [0.717, 1.165) is 20.7 Å². The molecule has 0 amide bonds. The first-order valence-electron chi connectivity index (χ1n) is 4.81. The maximum atomic E-state index is 9.90. The fourth-order valence-corrected chi connectivity index (χ4v) is 2.53. The average molecular weight is 222 g/mol. The van der Waals surface area contributed by atoms with Crippen LogP contribution in [-0.4, -0.2) is 12.2 Å². The summed E-state index contributed by atoms with van der Waals surface area (Å²) in [4.78, 5) is 0.978. The normalized spacial score (nSPS) is 12.0. The highest BCUT2D eigenvalue weighted by Crippen LogP contribution is 2.34. The zero-order chi connectivity index (χ0) is 11.1. The summed E-state index contributed by atoms with van der Waals surface area (Å²) in [5.74, 6) is 0.853. The van der Waals surface area contributed by atoms with Crippen molar-refractivity contribution in [1.82, 2.24) is 0 Å². The summed E-state index contributed by atoms with van der Waals surface area (Å²) in [6.45, 7) is 3.60. The number of thiophene rings is 1. The van der Waals surface area contributed by atoms with Crippen LogP contribution in [0.3, 0.4) is 0 Å². The quantitative estimate of drug-likeness (QED) is 0.846. The van der Waals surface area contributed by atoms with Crippen molar-refractivity contribution in [1.29, 1.82) is 0 Å². The van der Waals surface area contributed by atoms with Crippen LogP contribution in [0.15, 0.2) is 24.3 Å². The molecule has 0 fully saturated rings. The minimum atomic E-state index is -0.767. The summed E-state index contributed by atoms with van der Waals surface area (Å²) in [6, 6.07) is 7.97. The van der Waals surface area contributed by atoms with E-state index in [2.05, 4.69) is 0 Å². The fourth-order valence-electron chi connectivity index (χ4n) is 1.44. The van der Waals surface area contributed by atoms with E-state index in [4.69, 9.17) is 4.74 Å². The van der Waals surface area contributed by atoms with Crippen molar-refractivity contribution < 1.29 is 9.84 Å². The first-order chi connectivity index (χ1) is 7.00. The standard InChI is InChI=1S/C12H14O2S/c1-12(2,13)11-6-8-4-5-9(14-3)7-10(8)15-11/h4-7,13H,1-3H3. The second-order valence-electron chi connectivity index (χ2n) is 4.07. The van der Waals surface area contributed by atoms with Crippen LogP contribution >= 0.6 is 11.3 Å². The number of methoxy groups -OCH3 is 1. The van der Waals surface area contributed by atoms with Gasteiger partial charge in [0, 0.05) is 9.58 Å². The molecule has 80 valence electrons. The Morgan fingerprint density at radius 1 is 1.27 bits per heavy atom. The lowest BCUT2D eigenvalue weighted by atomic mass is 10.1. The maximum absolute atomic E-state index is 9.90. The lowest BCUT2D eigenvalue weighted by molar-refractivity contribution is 0.0826. The number of fused-ring (bicyclic) bond motifs is 1. The van der Waals surface area contributed by atoms with Gasteiger partial charge in [-0.05, 0) is 43.5 Å². The molecular formula is C12H14O2S. The second kappa shape index (κ2) is 3.51. The molecule has 15 heavy (non-hydrogen) atoms. The van der Waals surface area contributed by atoms with E-state index >= 15 is 0 Å². The molecule has 0 aliphatic carbocycles. The molecule has 1 N–H and O–H groups in total. The van der Waals surface area contributed by atoms with Crippen LogP contribution in [0.5, 0.6) is 5.75 Å². The number of ether oxygens (including phenoxy) is 1. The van der Waals surface area contributed by atoms with Crippen molar-refractivity contribution in [3.8, 4) is 5.75 Å². The summed E-state index contributed by atoms with van der Waals surface area (Å²) >= 11 is 1.60. The lowest BCUT2D eigenvalue weighted by Gasteiger charge is -2.13. The third kappa shape index (κ3) is 1.98. The van der Waals surface area contributed by atoms with Crippen molar-refractivity contribution >= 4 is 21.4 Å². The largest absolute Gasteiger partial charge is 0.497 e. The predicted molar refractivity (Wildman–Crippen MR) is 63.6 cm³/mol. The fraction of sp³-hybridized carbons (Fsp3) is 0.333.